The minimum absolute atomic E-state index is 0.222. The minimum Gasteiger partial charge on any atom is -0.297 e. The Morgan fingerprint density at radius 3 is 2.67 bits per heavy atom. The summed E-state index contributed by atoms with van der Waals surface area (Å²) >= 11 is 3.35. The van der Waals surface area contributed by atoms with Crippen LogP contribution >= 0.6 is 15.9 Å². The topological polar surface area (TPSA) is 90.9 Å². The van der Waals surface area contributed by atoms with Crippen molar-refractivity contribution in [1.82, 2.24) is 14.8 Å². The standard InChI is InChI=1S/C10H11BrN4O2S/c1-2-15-9(7-4-3-5-8(11)6-7)13-14-10(15)18(12,16)17/h3-6H,2H2,1H3,(H2,12,16,17). The van der Waals surface area contributed by atoms with Crippen LogP contribution in [0.2, 0.25) is 0 Å². The second-order valence-corrected chi connectivity index (χ2v) is 5.98. The highest BCUT2D eigenvalue weighted by molar-refractivity contribution is 9.10. The molecule has 2 aromatic rings. The highest BCUT2D eigenvalue weighted by Crippen LogP contribution is 2.23. The lowest BCUT2D eigenvalue weighted by Gasteiger charge is -2.06. The van der Waals surface area contributed by atoms with Gasteiger partial charge in [0.2, 0.25) is 0 Å². The van der Waals surface area contributed by atoms with E-state index in [-0.39, 0.29) is 5.16 Å². The summed E-state index contributed by atoms with van der Waals surface area (Å²) in [5, 5.41) is 12.4. The molecule has 1 aromatic carbocycles. The van der Waals surface area contributed by atoms with Crippen molar-refractivity contribution in [2.24, 2.45) is 5.14 Å². The summed E-state index contributed by atoms with van der Waals surface area (Å²) in [7, 11) is -3.87. The molecule has 1 aromatic heterocycles. The fourth-order valence-electron chi connectivity index (χ4n) is 1.63. The van der Waals surface area contributed by atoms with Gasteiger partial charge in [0.25, 0.3) is 15.2 Å². The summed E-state index contributed by atoms with van der Waals surface area (Å²) in [6, 6.07) is 7.37. The Kier molecular flexibility index (Phi) is 3.51. The second-order valence-electron chi connectivity index (χ2n) is 3.61. The van der Waals surface area contributed by atoms with Crippen LogP contribution in [0.15, 0.2) is 33.9 Å². The fourth-order valence-corrected chi connectivity index (χ4v) is 2.70. The van der Waals surface area contributed by atoms with Crippen molar-refractivity contribution < 1.29 is 8.42 Å². The lowest BCUT2D eigenvalue weighted by Crippen LogP contribution is -2.18. The summed E-state index contributed by atoms with van der Waals surface area (Å²) in [5.74, 6) is 0.475. The van der Waals surface area contributed by atoms with Crippen LogP contribution in [0.4, 0.5) is 0 Å². The number of nitrogens with two attached hydrogens (primary N) is 1. The van der Waals surface area contributed by atoms with Gasteiger partial charge in [-0.25, -0.2) is 13.6 Å². The van der Waals surface area contributed by atoms with Crippen molar-refractivity contribution in [3.63, 3.8) is 0 Å². The highest BCUT2D eigenvalue weighted by atomic mass is 79.9. The Morgan fingerprint density at radius 2 is 2.11 bits per heavy atom. The number of halogens is 1. The third-order valence-corrected chi connectivity index (χ3v) is 3.67. The second kappa shape index (κ2) is 4.79. The molecule has 1 heterocycles. The van der Waals surface area contributed by atoms with Crippen LogP contribution < -0.4 is 5.14 Å². The molecule has 96 valence electrons. The van der Waals surface area contributed by atoms with Crippen molar-refractivity contribution in [1.29, 1.82) is 0 Å². The van der Waals surface area contributed by atoms with Crippen molar-refractivity contribution in [3.8, 4) is 11.4 Å². The Morgan fingerprint density at radius 1 is 1.39 bits per heavy atom. The van der Waals surface area contributed by atoms with Gasteiger partial charge < -0.3 is 0 Å². The molecule has 2 rings (SSSR count). The zero-order chi connectivity index (χ0) is 13.3. The molecule has 0 amide bonds. The van der Waals surface area contributed by atoms with Crippen LogP contribution in [0.3, 0.4) is 0 Å². The van der Waals surface area contributed by atoms with Crippen LogP contribution in [0.25, 0.3) is 11.4 Å². The fraction of sp³-hybridized carbons (Fsp3) is 0.200. The van der Waals surface area contributed by atoms with E-state index in [1.54, 1.807) is 6.92 Å². The average Bonchev–Trinajstić information content (AvgIpc) is 2.72. The number of aromatic nitrogens is 3. The largest absolute Gasteiger partial charge is 0.297 e. The number of primary sulfonamides is 1. The van der Waals surface area contributed by atoms with E-state index in [1.165, 1.54) is 4.57 Å². The van der Waals surface area contributed by atoms with E-state index >= 15 is 0 Å². The van der Waals surface area contributed by atoms with E-state index in [1.807, 2.05) is 24.3 Å². The number of sulfonamides is 1. The summed E-state index contributed by atoms with van der Waals surface area (Å²) < 4.78 is 25.1. The van der Waals surface area contributed by atoms with E-state index in [2.05, 4.69) is 26.1 Å². The Bertz CT molecular complexity index is 681. The third-order valence-electron chi connectivity index (χ3n) is 2.37. The number of rotatable bonds is 3. The van der Waals surface area contributed by atoms with E-state index in [4.69, 9.17) is 5.14 Å². The highest BCUT2D eigenvalue weighted by Gasteiger charge is 2.20. The predicted octanol–water partition coefficient (Wildman–Crippen LogP) is 1.37. The lowest BCUT2D eigenvalue weighted by atomic mass is 10.2. The lowest BCUT2D eigenvalue weighted by molar-refractivity contribution is 0.571. The molecule has 0 saturated carbocycles. The van der Waals surface area contributed by atoms with Crippen LogP contribution in [-0.4, -0.2) is 23.2 Å². The van der Waals surface area contributed by atoms with Crippen LogP contribution in [0, 0.1) is 0 Å². The van der Waals surface area contributed by atoms with Crippen molar-refractivity contribution >= 4 is 26.0 Å². The molecule has 0 spiro atoms. The molecule has 0 aliphatic carbocycles. The molecule has 0 fully saturated rings. The van der Waals surface area contributed by atoms with Gasteiger partial charge in [-0.1, -0.05) is 28.1 Å². The zero-order valence-corrected chi connectivity index (χ0v) is 11.9. The van der Waals surface area contributed by atoms with Gasteiger partial charge in [0.1, 0.15) is 0 Å². The van der Waals surface area contributed by atoms with E-state index in [9.17, 15) is 8.42 Å². The van der Waals surface area contributed by atoms with Crippen LogP contribution in [-0.2, 0) is 16.6 Å². The minimum atomic E-state index is -3.87. The molecular weight excluding hydrogens is 320 g/mol. The van der Waals surface area contributed by atoms with Gasteiger partial charge in [-0.15, -0.1) is 10.2 Å². The quantitative estimate of drug-likeness (QED) is 0.920. The normalized spacial score (nSPS) is 11.7. The Balaban J connectivity index is 2.63. The molecule has 0 bridgehead atoms. The zero-order valence-electron chi connectivity index (χ0n) is 9.54. The predicted molar refractivity (Wildman–Crippen MR) is 70.2 cm³/mol. The van der Waals surface area contributed by atoms with Gasteiger partial charge in [0.15, 0.2) is 5.82 Å². The first-order chi connectivity index (χ1) is 8.43. The monoisotopic (exact) mass is 330 g/mol. The first kappa shape index (κ1) is 13.2. The summed E-state index contributed by atoms with van der Waals surface area (Å²) in [6.45, 7) is 2.22. The Hall–Kier alpha value is -1.25. The van der Waals surface area contributed by atoms with Gasteiger partial charge in [-0.2, -0.15) is 0 Å². The summed E-state index contributed by atoms with van der Waals surface area (Å²) in [4.78, 5) is 0. The molecular formula is C10H11BrN4O2S. The van der Waals surface area contributed by atoms with E-state index in [0.29, 0.717) is 12.4 Å². The molecule has 0 aliphatic heterocycles. The smallest absolute Gasteiger partial charge is 0.273 e. The molecule has 0 aliphatic rings. The third kappa shape index (κ3) is 2.45. The van der Waals surface area contributed by atoms with Crippen molar-refractivity contribution in [2.45, 2.75) is 18.6 Å². The van der Waals surface area contributed by atoms with E-state index < -0.39 is 10.0 Å². The number of hydrogen-bond acceptors (Lipinski definition) is 4. The molecule has 0 unspecified atom stereocenters. The van der Waals surface area contributed by atoms with Gasteiger partial charge in [-0.05, 0) is 19.1 Å². The van der Waals surface area contributed by atoms with Gasteiger partial charge >= 0.3 is 0 Å². The summed E-state index contributed by atoms with van der Waals surface area (Å²) in [5.41, 5.74) is 0.772. The van der Waals surface area contributed by atoms with Crippen molar-refractivity contribution in [3.05, 3.63) is 28.7 Å². The molecule has 8 heteroatoms. The number of benzene rings is 1. The average molecular weight is 331 g/mol. The first-order valence-electron chi connectivity index (χ1n) is 5.15. The van der Waals surface area contributed by atoms with Gasteiger partial charge in [0.05, 0.1) is 0 Å². The summed E-state index contributed by atoms with van der Waals surface area (Å²) in [6.07, 6.45) is 0. The molecule has 6 nitrogen and oxygen atoms in total. The number of hydrogen-bond donors (Lipinski definition) is 1. The molecule has 0 saturated heterocycles. The molecule has 18 heavy (non-hydrogen) atoms. The SMILES string of the molecule is CCn1c(-c2cccc(Br)c2)nnc1S(N)(=O)=O. The Labute approximate surface area is 113 Å². The molecule has 0 atom stereocenters. The maximum Gasteiger partial charge on any atom is 0.273 e. The molecule has 2 N–H and O–H groups in total. The van der Waals surface area contributed by atoms with E-state index in [0.717, 1.165) is 10.0 Å². The van der Waals surface area contributed by atoms with Crippen molar-refractivity contribution in [2.75, 3.05) is 0 Å². The molecule has 0 radical (unpaired) electrons. The maximum absolute atomic E-state index is 11.4. The number of nitrogens with zero attached hydrogens (tertiary/aromatic N) is 3. The van der Waals surface area contributed by atoms with Crippen LogP contribution in [0.1, 0.15) is 6.92 Å². The maximum atomic E-state index is 11.4. The van der Waals surface area contributed by atoms with Crippen LogP contribution in [0.5, 0.6) is 0 Å². The van der Waals surface area contributed by atoms with Gasteiger partial charge in [0, 0.05) is 16.6 Å². The van der Waals surface area contributed by atoms with Gasteiger partial charge in [-0.3, -0.25) is 4.57 Å². The first-order valence-corrected chi connectivity index (χ1v) is 7.49.